The minimum atomic E-state index is -0.591. The van der Waals surface area contributed by atoms with Crippen molar-refractivity contribution in [3.05, 3.63) is 162 Å². The summed E-state index contributed by atoms with van der Waals surface area (Å²) in [5.74, 6) is 1.31. The third-order valence-corrected chi connectivity index (χ3v) is 10.8. The second kappa shape index (κ2) is 11.2. The van der Waals surface area contributed by atoms with Crippen molar-refractivity contribution in [3.63, 3.8) is 0 Å². The molecule has 0 atom stereocenters. The smallest absolute Gasteiger partial charge is 0.227 e. The highest BCUT2D eigenvalue weighted by atomic mass is 127. The fourth-order valence-electron chi connectivity index (χ4n) is 5.91. The molecule has 0 saturated heterocycles. The Morgan fingerprint density at radius 1 is 0.500 bits per heavy atom. The molecule has 3 heterocycles. The predicted molar refractivity (Wildman–Crippen MR) is 196 cm³/mol. The first kappa shape index (κ1) is 26.9. The van der Waals surface area contributed by atoms with Crippen LogP contribution >= 0.6 is 20.7 Å². The Morgan fingerprint density at radius 2 is 1.20 bits per heavy atom. The molecule has 46 heavy (non-hydrogen) atoms. The molecule has 1 aliphatic rings. The van der Waals surface area contributed by atoms with Crippen molar-refractivity contribution >= 4 is 67.0 Å². The van der Waals surface area contributed by atoms with Gasteiger partial charge in [0.05, 0.1) is 0 Å². The van der Waals surface area contributed by atoms with Gasteiger partial charge in [0, 0.05) is 38.6 Å². The van der Waals surface area contributed by atoms with Crippen LogP contribution < -0.4 is 0 Å². The molecule has 1 aliphatic heterocycles. The van der Waals surface area contributed by atoms with E-state index in [0.29, 0.717) is 11.7 Å². The molecule has 0 spiro atoms. The van der Waals surface area contributed by atoms with E-state index < -0.39 is 20.7 Å². The molecule has 5 nitrogen and oxygen atoms in total. The van der Waals surface area contributed by atoms with E-state index in [1.54, 1.807) is 0 Å². The van der Waals surface area contributed by atoms with Crippen molar-refractivity contribution in [3.8, 4) is 22.6 Å². The van der Waals surface area contributed by atoms with Crippen LogP contribution in [-0.4, -0.2) is 18.2 Å². The number of fused-ring (bicyclic) bond motifs is 4. The van der Waals surface area contributed by atoms with Gasteiger partial charge in [-0.1, -0.05) is 109 Å². The molecule has 0 bridgehead atoms. The molecule has 0 aliphatic carbocycles. The third kappa shape index (κ3) is 4.69. The van der Waals surface area contributed by atoms with E-state index in [1.807, 2.05) is 72.8 Å². The maximum Gasteiger partial charge on any atom is 0.227 e. The number of oxazole rings is 1. The van der Waals surface area contributed by atoms with Crippen molar-refractivity contribution in [2.24, 2.45) is 9.98 Å². The fourth-order valence-corrected chi connectivity index (χ4v) is 8.43. The van der Waals surface area contributed by atoms with Crippen molar-refractivity contribution in [1.29, 1.82) is 0 Å². The van der Waals surface area contributed by atoms with Crippen LogP contribution in [0.3, 0.4) is 0 Å². The monoisotopic (exact) mass is 705 g/mol. The van der Waals surface area contributed by atoms with Crippen molar-refractivity contribution in [1.82, 2.24) is 4.98 Å². The van der Waals surface area contributed by atoms with Crippen LogP contribution in [0, 0.1) is 0 Å². The van der Waals surface area contributed by atoms with Gasteiger partial charge >= 0.3 is 0 Å². The molecule has 2 aromatic heterocycles. The quantitative estimate of drug-likeness (QED) is 0.168. The highest BCUT2D eigenvalue weighted by molar-refractivity contribution is 14.2. The SMILES string of the molecule is c1ccc(C2=NC(c3cccc4oc5ccc(-c6cccc7nc(-c8ccccc8)oc67)cc5c34)=NC(c3ccccc3)=I2)cc1. The minimum Gasteiger partial charge on any atom is -0.456 e. The summed E-state index contributed by atoms with van der Waals surface area (Å²) < 4.78 is 15.0. The third-order valence-electron chi connectivity index (χ3n) is 8.09. The lowest BCUT2D eigenvalue weighted by molar-refractivity contribution is 0.621. The topological polar surface area (TPSA) is 63.9 Å². The van der Waals surface area contributed by atoms with E-state index in [2.05, 4.69) is 72.8 Å². The number of amidine groups is 1. The number of hydrogen-bond donors (Lipinski definition) is 0. The van der Waals surface area contributed by atoms with E-state index in [1.165, 1.54) is 0 Å². The fraction of sp³-hybridized carbons (Fsp3) is 0. The molecular weight excluding hydrogens is 681 g/mol. The van der Waals surface area contributed by atoms with Gasteiger partial charge in [0.1, 0.15) is 24.0 Å². The maximum absolute atomic E-state index is 6.41. The van der Waals surface area contributed by atoms with Crippen LogP contribution in [-0.2, 0) is 0 Å². The number of hydrogen-bond acceptors (Lipinski definition) is 5. The van der Waals surface area contributed by atoms with E-state index in [4.69, 9.17) is 23.8 Å². The van der Waals surface area contributed by atoms with E-state index >= 15 is 0 Å². The lowest BCUT2D eigenvalue weighted by Crippen LogP contribution is -2.11. The number of aliphatic imine (C=N–C) groups is 2. The molecule has 6 aromatic carbocycles. The van der Waals surface area contributed by atoms with Crippen LogP contribution in [0.25, 0.3) is 55.6 Å². The normalized spacial score (nSPS) is 13.3. The van der Waals surface area contributed by atoms with Crippen molar-refractivity contribution < 1.29 is 8.83 Å². The average Bonchev–Trinajstić information content (AvgIpc) is 3.74. The second-order valence-corrected chi connectivity index (χ2v) is 13.6. The zero-order valence-electron chi connectivity index (χ0n) is 24.4. The molecule has 0 fully saturated rings. The summed E-state index contributed by atoms with van der Waals surface area (Å²) in [7, 11) is 0. The predicted octanol–water partition coefficient (Wildman–Crippen LogP) is 10.4. The standard InChI is InChI=1S/C40H24IN3O2/c1-4-12-25(13-5-1)37-41-38(26-14-6-2-7-15-26)44-39(43-37)30-19-11-21-34-35(30)31-24-28(22-23-33(31)45-34)29-18-10-20-32-36(29)46-40(42-32)27-16-8-3-9-17-27/h1-24H. The van der Waals surface area contributed by atoms with Gasteiger partial charge in [-0.2, -0.15) is 0 Å². The second-order valence-electron chi connectivity index (χ2n) is 11.0. The first-order chi connectivity index (χ1) is 22.8. The molecule has 8 aromatic rings. The summed E-state index contributed by atoms with van der Waals surface area (Å²) in [6, 6.07) is 49.4. The van der Waals surface area contributed by atoms with Gasteiger partial charge in [-0.25, -0.2) is 15.0 Å². The van der Waals surface area contributed by atoms with Gasteiger partial charge in [-0.05, 0) is 62.7 Å². The molecule has 9 rings (SSSR count). The number of furan rings is 1. The van der Waals surface area contributed by atoms with Gasteiger partial charge in [-0.15, -0.1) is 0 Å². The Labute approximate surface area is 274 Å². The Balaban J connectivity index is 1.22. The number of aromatic nitrogens is 1. The van der Waals surface area contributed by atoms with Crippen LogP contribution in [0.1, 0.15) is 16.7 Å². The average molecular weight is 706 g/mol. The summed E-state index contributed by atoms with van der Waals surface area (Å²) in [6.07, 6.45) is 0. The molecule has 0 unspecified atom stereocenters. The molecule has 0 radical (unpaired) electrons. The van der Waals surface area contributed by atoms with Crippen molar-refractivity contribution in [2.75, 3.05) is 0 Å². The number of halogens is 1. The van der Waals surface area contributed by atoms with Gasteiger partial charge in [-0.3, -0.25) is 0 Å². The Hall–Kier alpha value is -5.47. The highest BCUT2D eigenvalue weighted by Crippen LogP contribution is 2.38. The molecule has 0 amide bonds. The minimum absolute atomic E-state index is 0.591. The highest BCUT2D eigenvalue weighted by Gasteiger charge is 2.21. The van der Waals surface area contributed by atoms with Gasteiger partial charge in [0.15, 0.2) is 11.4 Å². The molecule has 6 heteroatoms. The van der Waals surface area contributed by atoms with E-state index in [-0.39, 0.29) is 0 Å². The van der Waals surface area contributed by atoms with E-state index in [0.717, 1.165) is 73.8 Å². The Morgan fingerprint density at radius 3 is 1.98 bits per heavy atom. The Bertz CT molecular complexity index is 2470. The number of rotatable bonds is 5. The molecule has 0 N–H and O–H groups in total. The van der Waals surface area contributed by atoms with E-state index in [9.17, 15) is 0 Å². The Kier molecular flexibility index (Phi) is 6.52. The lowest BCUT2D eigenvalue weighted by atomic mass is 10.00. The number of nitrogens with zero attached hydrogens (tertiary/aromatic N) is 3. The molecule has 218 valence electrons. The van der Waals surface area contributed by atoms with Crippen LogP contribution in [0.4, 0.5) is 0 Å². The number of para-hydroxylation sites is 1. The lowest BCUT2D eigenvalue weighted by Gasteiger charge is -2.13. The van der Waals surface area contributed by atoms with Gasteiger partial charge < -0.3 is 8.83 Å². The van der Waals surface area contributed by atoms with Crippen LogP contribution in [0.2, 0.25) is 0 Å². The largest absolute Gasteiger partial charge is 0.456 e. The zero-order valence-corrected chi connectivity index (χ0v) is 26.6. The first-order valence-electron chi connectivity index (χ1n) is 15.0. The maximum atomic E-state index is 6.41. The van der Waals surface area contributed by atoms with Gasteiger partial charge in [0.2, 0.25) is 5.89 Å². The summed E-state index contributed by atoms with van der Waals surface area (Å²) >= 11 is -0.591. The summed E-state index contributed by atoms with van der Waals surface area (Å²) in [6.45, 7) is 0. The molecular formula is C40H24IN3O2. The molecule has 0 saturated carbocycles. The van der Waals surface area contributed by atoms with Crippen molar-refractivity contribution in [2.45, 2.75) is 0 Å². The van der Waals surface area contributed by atoms with Crippen LogP contribution in [0.5, 0.6) is 0 Å². The zero-order chi connectivity index (χ0) is 30.5. The van der Waals surface area contributed by atoms with Gasteiger partial charge in [0.25, 0.3) is 0 Å². The first-order valence-corrected chi connectivity index (χ1v) is 17.2. The summed E-state index contributed by atoms with van der Waals surface area (Å²) in [5.41, 5.74) is 9.35. The number of benzene rings is 6. The summed E-state index contributed by atoms with van der Waals surface area (Å²) in [4.78, 5) is 15.2. The van der Waals surface area contributed by atoms with Crippen LogP contribution in [0.15, 0.2) is 164 Å². The summed E-state index contributed by atoms with van der Waals surface area (Å²) in [5, 5.41) is 2.00.